The van der Waals surface area contributed by atoms with E-state index in [1.807, 2.05) is 79.1 Å². The van der Waals surface area contributed by atoms with Gasteiger partial charge >= 0.3 is 29.8 Å². The number of fused-ring (bicyclic) bond motifs is 5. The summed E-state index contributed by atoms with van der Waals surface area (Å²) >= 11 is 25.6. The van der Waals surface area contributed by atoms with Crippen LogP contribution in [0.15, 0.2) is 279 Å². The predicted octanol–water partition coefficient (Wildman–Crippen LogP) is 22.9. The highest BCUT2D eigenvalue weighted by Crippen LogP contribution is 2.45. The van der Waals surface area contributed by atoms with E-state index in [2.05, 4.69) is 108 Å². The van der Waals surface area contributed by atoms with E-state index in [4.69, 9.17) is 67.0 Å². The normalized spacial score (nSPS) is 12.4. The number of aromatic nitrogens is 8. The van der Waals surface area contributed by atoms with Crippen molar-refractivity contribution >= 4 is 208 Å². The van der Waals surface area contributed by atoms with Crippen LogP contribution < -0.4 is 36.1 Å². The maximum Gasteiger partial charge on any atom is 0.341 e. The molecule has 39 heteroatoms. The number of carboxylic acids is 5. The zero-order valence-electron chi connectivity index (χ0n) is 73.7. The Morgan fingerprint density at radius 1 is 0.357 bits per heavy atom. The van der Waals surface area contributed by atoms with Crippen LogP contribution in [0.5, 0.6) is 23.0 Å². The average Bonchev–Trinajstić information content (AvgIpc) is 1.37. The van der Waals surface area contributed by atoms with Crippen LogP contribution in [0, 0.1) is 0 Å². The quantitative estimate of drug-likeness (QED) is 0.0267. The molecule has 0 aliphatic carbocycles. The molecule has 2 saturated heterocycles. The summed E-state index contributed by atoms with van der Waals surface area (Å²) in [5.41, 5.74) is 12.2. The van der Waals surface area contributed by atoms with E-state index in [0.717, 1.165) is 95.7 Å². The molecule has 0 saturated carbocycles. The van der Waals surface area contributed by atoms with Crippen molar-refractivity contribution in [1.29, 1.82) is 0 Å². The second-order valence-electron chi connectivity index (χ2n) is 30.9. The van der Waals surface area contributed by atoms with Gasteiger partial charge in [0.15, 0.2) is 0 Å². The number of halogens is 5. The molecule has 34 nitrogen and oxygen atoms in total. The predicted molar refractivity (Wildman–Crippen MR) is 538 cm³/mol. The van der Waals surface area contributed by atoms with E-state index in [1.54, 1.807) is 134 Å². The van der Waals surface area contributed by atoms with Gasteiger partial charge in [0.25, 0.3) is 0 Å². The minimum atomic E-state index is -1.26. The third kappa shape index (κ3) is 22.5. The topological polar surface area (TPSA) is 473 Å². The highest BCUT2D eigenvalue weighted by atomic mass is 79.9. The number of oxazole rings is 3. The summed E-state index contributed by atoms with van der Waals surface area (Å²) < 4.78 is 39.3. The number of para-hydroxylation sites is 1. The molecule has 0 spiro atoms. The summed E-state index contributed by atoms with van der Waals surface area (Å²) in [6, 6.07) is 53.3. The summed E-state index contributed by atoms with van der Waals surface area (Å²) in [7, 11) is 2.89. The molecule has 18 aromatic rings. The molecule has 0 unspecified atom stereocenters. The molecular weight excluding hydrogens is 1990 g/mol. The Balaban J connectivity index is 0.000000126. The monoisotopic (exact) mass is 2070 g/mol. The van der Waals surface area contributed by atoms with Crippen LogP contribution in [0.4, 0.5) is 56.9 Å². The Labute approximate surface area is 827 Å². The minimum Gasteiger partial charge on any atom is -0.507 e. The molecule has 2 aliphatic rings. The number of carboxylic acid groups (broad SMARTS) is 5. The second-order valence-corrected chi connectivity index (χ2v) is 34.1. The number of pyridine rings is 5. The lowest BCUT2D eigenvalue weighted by Crippen LogP contribution is -2.35. The molecule has 140 heavy (non-hydrogen) atoms. The number of carbonyl (C=O) groups is 5. The third-order valence-corrected chi connectivity index (χ3v) is 23.9. The summed E-state index contributed by atoms with van der Waals surface area (Å²) in [6.07, 6.45) is 17.4. The number of methoxy groups -OCH3 is 2. The number of phenols is 2. The SMILES string of the molecule is COc1cccc(Nc2c(-c3ncco3)cnc3ccc(Br)cc23)c1C(=O)O.COc1cccc(Nc2c(CN3CCOCC3)cnc3ccc(Cl)cc23)c1C(=O)O.O=C(O)c1c(O)cccc1Nc1c(-c2ncco2)cnc2ccc(Br)cc12.O=C(O)c1c(O)cccc1Nc1c(-c2ncco2)cnc2ccc(Cl)cc12.O=C(O)c1ccccc1Nc1c(CN2CCOCC2)cnc2ccc(Cl)cc12. The highest BCUT2D eigenvalue weighted by molar-refractivity contribution is 9.10. The second kappa shape index (κ2) is 44.5. The number of nitrogens with zero attached hydrogens (tertiary/aromatic N) is 10. The Kier molecular flexibility index (Phi) is 30.9. The lowest BCUT2D eigenvalue weighted by atomic mass is 10.1. The van der Waals surface area contributed by atoms with Crippen LogP contribution in [-0.2, 0) is 22.6 Å². The molecule has 708 valence electrons. The van der Waals surface area contributed by atoms with E-state index in [1.165, 1.54) is 57.5 Å². The maximum atomic E-state index is 11.9. The van der Waals surface area contributed by atoms with Crippen LogP contribution in [-0.4, -0.2) is 182 Å². The van der Waals surface area contributed by atoms with Crippen LogP contribution in [0.3, 0.4) is 0 Å². The summed E-state index contributed by atoms with van der Waals surface area (Å²) in [4.78, 5) is 98.2. The first kappa shape index (κ1) is 97.2. The van der Waals surface area contributed by atoms with Gasteiger partial charge in [0.1, 0.15) is 64.0 Å². The molecule has 8 aromatic heterocycles. The van der Waals surface area contributed by atoms with E-state index in [9.17, 15) is 59.7 Å². The van der Waals surface area contributed by atoms with Crippen molar-refractivity contribution in [2.24, 2.45) is 0 Å². The third-order valence-electron chi connectivity index (χ3n) is 22.2. The van der Waals surface area contributed by atoms with Gasteiger partial charge in [-0.25, -0.2) is 38.9 Å². The zero-order chi connectivity index (χ0) is 98.2. The Hall–Kier alpha value is -15.9. The van der Waals surface area contributed by atoms with Gasteiger partial charge in [0.05, 0.1) is 166 Å². The highest BCUT2D eigenvalue weighted by Gasteiger charge is 2.28. The first-order valence-corrected chi connectivity index (χ1v) is 45.3. The van der Waals surface area contributed by atoms with Crippen molar-refractivity contribution in [3.8, 4) is 57.4 Å². The minimum absolute atomic E-state index is 0.0308. The number of ether oxygens (including phenoxy) is 4. The molecular formula is C101H80Br2Cl3N15O19. The van der Waals surface area contributed by atoms with Gasteiger partial charge in [-0.05, 0) is 152 Å². The van der Waals surface area contributed by atoms with Crippen molar-refractivity contribution < 1.29 is 91.9 Å². The number of benzene rings is 10. The van der Waals surface area contributed by atoms with E-state index < -0.39 is 29.8 Å². The molecule has 10 heterocycles. The standard InChI is InChI=1S/C22H22ClN3O4.C21H20ClN3O3.C20H14BrN3O4.C19H12BrN3O4.C19H12ClN3O4/c1-29-19-4-2-3-18(20(19)22(27)28)25-21-14(13-26-7-9-30-10-8-26)12-24-17-6-5-15(23)11-16(17)21;22-15-5-6-18-17(11-15)20(24-19-4-2-1-3-16(19)21(26)27)14(12-23-18)13-25-7-9-28-10-8-25;1-27-16-4-2-3-15(17(16)20(25)26)24-18-12-9-11(21)5-6-14(12)23-10-13(18)19-22-7-8-28-19;2*20-10-4-5-13-11(8-10)17(12(9-22-13)18-21-6-7-27-18)23-14-2-1-3-15(24)16(14)19(25)26/h2-6,11-12H,7-10,13H2,1H3,(H,24,25)(H,27,28);1-6,11-12H,7-10,13H2,(H,23,24)(H,26,27);2-10H,1H3,(H,23,24)(H,25,26);2*1-9,24H,(H,22,23)(H,25,26). The number of morpholine rings is 2. The molecule has 2 aliphatic heterocycles. The Morgan fingerprint density at radius 2 is 0.664 bits per heavy atom. The van der Waals surface area contributed by atoms with Crippen molar-refractivity contribution in [2.75, 3.05) is 93.4 Å². The van der Waals surface area contributed by atoms with Crippen molar-refractivity contribution in [3.05, 3.63) is 319 Å². The maximum absolute atomic E-state index is 11.9. The van der Waals surface area contributed by atoms with Crippen molar-refractivity contribution in [3.63, 3.8) is 0 Å². The molecule has 0 radical (unpaired) electrons. The van der Waals surface area contributed by atoms with Gasteiger partial charge in [-0.1, -0.05) is 103 Å². The van der Waals surface area contributed by atoms with Gasteiger partial charge in [0.2, 0.25) is 17.7 Å². The van der Waals surface area contributed by atoms with E-state index in [0.29, 0.717) is 145 Å². The summed E-state index contributed by atoms with van der Waals surface area (Å²) in [5, 5.41) is 89.6. The summed E-state index contributed by atoms with van der Waals surface area (Å²) in [5.74, 6) is -4.76. The average molecular weight is 2070 g/mol. The van der Waals surface area contributed by atoms with Gasteiger partial charge < -0.3 is 94.5 Å². The molecule has 0 amide bonds. The molecule has 2 fully saturated rings. The number of hydrogen-bond donors (Lipinski definition) is 12. The Bertz CT molecular complexity index is 7490. The zero-order valence-corrected chi connectivity index (χ0v) is 79.2. The number of aromatic carboxylic acids is 5. The van der Waals surface area contributed by atoms with Gasteiger partial charge in [-0.3, -0.25) is 34.7 Å². The first-order valence-electron chi connectivity index (χ1n) is 42.6. The smallest absolute Gasteiger partial charge is 0.341 e. The number of rotatable bonds is 24. The van der Waals surface area contributed by atoms with Crippen LogP contribution >= 0.6 is 66.7 Å². The van der Waals surface area contributed by atoms with Crippen molar-refractivity contribution in [2.45, 2.75) is 13.1 Å². The van der Waals surface area contributed by atoms with Crippen LogP contribution in [0.2, 0.25) is 15.1 Å². The fourth-order valence-corrected chi connectivity index (χ4v) is 16.9. The number of aromatic hydroxyl groups is 2. The summed E-state index contributed by atoms with van der Waals surface area (Å²) in [6.45, 7) is 7.48. The van der Waals surface area contributed by atoms with E-state index >= 15 is 0 Å². The van der Waals surface area contributed by atoms with Crippen LogP contribution in [0.1, 0.15) is 62.9 Å². The van der Waals surface area contributed by atoms with Gasteiger partial charge in [-0.2, -0.15) is 0 Å². The van der Waals surface area contributed by atoms with Crippen LogP contribution in [0.25, 0.3) is 88.9 Å². The number of nitrogens with one attached hydrogen (secondary N) is 5. The first-order chi connectivity index (χ1) is 67.8. The molecule has 12 N–H and O–H groups in total. The Morgan fingerprint density at radius 3 is 1.01 bits per heavy atom. The molecule has 0 bridgehead atoms. The van der Waals surface area contributed by atoms with Gasteiger partial charge in [-0.15, -0.1) is 0 Å². The van der Waals surface area contributed by atoms with E-state index in [-0.39, 0.29) is 56.4 Å². The molecule has 20 rings (SSSR count). The number of hydrogen-bond acceptors (Lipinski definition) is 29. The van der Waals surface area contributed by atoms with Crippen molar-refractivity contribution in [1.82, 2.24) is 49.7 Å². The van der Waals surface area contributed by atoms with Gasteiger partial charge in [0, 0.05) is 132 Å². The number of anilines is 10. The fourth-order valence-electron chi connectivity index (χ4n) is 15.6. The molecule has 0 atom stereocenters. The largest absolute Gasteiger partial charge is 0.507 e. The lowest BCUT2D eigenvalue weighted by Gasteiger charge is -2.28. The molecule has 10 aromatic carbocycles. The fraction of sp³-hybridized carbons (Fsp3) is 0.119. The lowest BCUT2D eigenvalue weighted by molar-refractivity contribution is 0.0342.